The zero-order chi connectivity index (χ0) is 26.2. The number of carbonyl (C=O) groups excluding carboxylic acids is 2. The molecule has 1 aliphatic heterocycles. The Hall–Kier alpha value is -2.74. The number of thioether (sulfide) groups is 1. The van der Waals surface area contributed by atoms with Gasteiger partial charge < -0.3 is 14.6 Å². The van der Waals surface area contributed by atoms with E-state index >= 15 is 0 Å². The van der Waals surface area contributed by atoms with Crippen LogP contribution in [0.5, 0.6) is 0 Å². The molecule has 190 valence electrons. The lowest BCUT2D eigenvalue weighted by atomic mass is 9.92. The van der Waals surface area contributed by atoms with Gasteiger partial charge in [-0.3, -0.25) is 9.59 Å². The smallest absolute Gasteiger partial charge is 0.325 e. The molecule has 4 aromatic rings. The summed E-state index contributed by atoms with van der Waals surface area (Å²) in [5, 5.41) is 1.53. The largest absolute Gasteiger partial charge is 0.465 e. The molecule has 1 aliphatic rings. The van der Waals surface area contributed by atoms with Gasteiger partial charge in [0.2, 0.25) is 5.91 Å². The quantitative estimate of drug-likeness (QED) is 0.225. The standard InChI is InChI=1S/C29H26BrClN2O3S/c1-3-36-28(35)29(37-22-11-4-18(2)5-12-22)15-26(34)33(17-19-6-8-20(30)9-7-19)27(29)24-16-32-25-14-21(31)10-13-23(24)25/h4-14,16,27,32H,3,15,17H2,1-2H3/t27-,29-/m0/s1. The van der Waals surface area contributed by atoms with Crippen molar-refractivity contribution in [2.45, 2.75) is 42.5 Å². The summed E-state index contributed by atoms with van der Waals surface area (Å²) >= 11 is 11.2. The Bertz CT molecular complexity index is 1450. The number of rotatable bonds is 7. The maximum atomic E-state index is 13.9. The molecule has 8 heteroatoms. The zero-order valence-electron chi connectivity index (χ0n) is 20.5. The summed E-state index contributed by atoms with van der Waals surface area (Å²) in [5.74, 6) is -0.482. The van der Waals surface area contributed by atoms with Crippen molar-refractivity contribution < 1.29 is 14.3 Å². The first-order valence-electron chi connectivity index (χ1n) is 12.0. The van der Waals surface area contributed by atoms with E-state index in [0.717, 1.165) is 37.0 Å². The SMILES string of the molecule is CCOC(=O)[C@]1(Sc2ccc(C)cc2)CC(=O)N(Cc2ccc(Br)cc2)[C@H]1c1c[nH]c2cc(Cl)ccc12. The number of carbonyl (C=O) groups is 2. The number of hydrogen-bond acceptors (Lipinski definition) is 4. The highest BCUT2D eigenvalue weighted by Gasteiger charge is 2.59. The third kappa shape index (κ3) is 5.05. The van der Waals surface area contributed by atoms with E-state index in [4.69, 9.17) is 16.3 Å². The summed E-state index contributed by atoms with van der Waals surface area (Å²) in [7, 11) is 0. The molecule has 5 rings (SSSR count). The van der Waals surface area contributed by atoms with Crippen molar-refractivity contribution in [1.29, 1.82) is 0 Å². The van der Waals surface area contributed by atoms with Gasteiger partial charge in [0.15, 0.2) is 4.75 Å². The van der Waals surface area contributed by atoms with Crippen LogP contribution in [0.3, 0.4) is 0 Å². The number of hydrogen-bond donors (Lipinski definition) is 1. The highest BCUT2D eigenvalue weighted by atomic mass is 79.9. The molecule has 1 fully saturated rings. The van der Waals surface area contributed by atoms with Gasteiger partial charge in [0.25, 0.3) is 0 Å². The summed E-state index contributed by atoms with van der Waals surface area (Å²) in [6.45, 7) is 4.41. The molecule has 0 saturated carbocycles. The number of ether oxygens (including phenoxy) is 1. The zero-order valence-corrected chi connectivity index (χ0v) is 23.6. The normalized spacial score (nSPS) is 19.5. The van der Waals surface area contributed by atoms with Crippen LogP contribution in [0.4, 0.5) is 0 Å². The number of fused-ring (bicyclic) bond motifs is 1. The number of halogens is 2. The van der Waals surface area contributed by atoms with Crippen LogP contribution in [0.2, 0.25) is 5.02 Å². The Labute approximate surface area is 233 Å². The van der Waals surface area contributed by atoms with E-state index in [1.165, 1.54) is 11.8 Å². The Morgan fingerprint density at radius 1 is 1.16 bits per heavy atom. The van der Waals surface area contributed by atoms with Crippen molar-refractivity contribution in [2.75, 3.05) is 6.61 Å². The molecule has 1 aromatic heterocycles. The van der Waals surface area contributed by atoms with Crippen molar-refractivity contribution in [3.63, 3.8) is 0 Å². The van der Waals surface area contributed by atoms with E-state index in [2.05, 4.69) is 20.9 Å². The van der Waals surface area contributed by atoms with Crippen molar-refractivity contribution in [3.05, 3.63) is 99.1 Å². The first-order chi connectivity index (χ1) is 17.8. The number of H-pyrrole nitrogens is 1. The molecule has 3 aromatic carbocycles. The molecule has 2 atom stereocenters. The molecule has 5 nitrogen and oxygen atoms in total. The summed E-state index contributed by atoms with van der Waals surface area (Å²) in [5.41, 5.74) is 3.81. The van der Waals surface area contributed by atoms with Crippen molar-refractivity contribution >= 4 is 62.1 Å². The molecule has 0 spiro atoms. The van der Waals surface area contributed by atoms with Gasteiger partial charge in [-0.2, -0.15) is 0 Å². The second-order valence-electron chi connectivity index (χ2n) is 9.19. The summed E-state index contributed by atoms with van der Waals surface area (Å²) in [4.78, 5) is 33.7. The Balaban J connectivity index is 1.68. The summed E-state index contributed by atoms with van der Waals surface area (Å²) < 4.78 is 5.46. The van der Waals surface area contributed by atoms with E-state index in [-0.39, 0.29) is 24.9 Å². The number of aromatic nitrogens is 1. The fourth-order valence-electron chi connectivity index (χ4n) is 4.94. The molecule has 1 N–H and O–H groups in total. The third-order valence-electron chi connectivity index (χ3n) is 6.67. The highest BCUT2D eigenvalue weighted by molar-refractivity contribution is 9.10. The van der Waals surface area contributed by atoms with E-state index in [1.807, 2.05) is 84.8 Å². The van der Waals surface area contributed by atoms with Crippen molar-refractivity contribution in [3.8, 4) is 0 Å². The first-order valence-corrected chi connectivity index (χ1v) is 14.0. The van der Waals surface area contributed by atoms with E-state index in [9.17, 15) is 9.59 Å². The molecule has 1 saturated heterocycles. The van der Waals surface area contributed by atoms with Crippen molar-refractivity contribution in [2.24, 2.45) is 0 Å². The van der Waals surface area contributed by atoms with Gasteiger partial charge in [0, 0.05) is 43.6 Å². The molecule has 0 bridgehead atoms. The van der Waals surface area contributed by atoms with Crippen LogP contribution in [-0.2, 0) is 20.9 Å². The van der Waals surface area contributed by atoms with Gasteiger partial charge in [0.05, 0.1) is 19.1 Å². The minimum atomic E-state index is -1.17. The number of aromatic amines is 1. The predicted octanol–water partition coefficient (Wildman–Crippen LogP) is 7.46. The van der Waals surface area contributed by atoms with Crippen LogP contribution in [0, 0.1) is 6.92 Å². The van der Waals surface area contributed by atoms with Gasteiger partial charge in [-0.1, -0.05) is 63.4 Å². The number of amides is 1. The number of nitrogens with one attached hydrogen (secondary N) is 1. The molecule has 0 radical (unpaired) electrons. The number of nitrogens with zero attached hydrogens (tertiary/aromatic N) is 1. The molecule has 2 heterocycles. The highest BCUT2D eigenvalue weighted by Crippen LogP contribution is 2.54. The lowest BCUT2D eigenvalue weighted by Gasteiger charge is -2.35. The van der Waals surface area contributed by atoms with Crippen molar-refractivity contribution in [1.82, 2.24) is 9.88 Å². The topological polar surface area (TPSA) is 62.4 Å². The number of likely N-dealkylation sites (tertiary alicyclic amines) is 1. The fourth-order valence-corrected chi connectivity index (χ4v) is 6.77. The van der Waals surface area contributed by atoms with Gasteiger partial charge in [-0.05, 0) is 55.8 Å². The maximum absolute atomic E-state index is 13.9. The van der Waals surface area contributed by atoms with E-state index in [0.29, 0.717) is 11.6 Å². The Morgan fingerprint density at radius 2 is 1.89 bits per heavy atom. The van der Waals surface area contributed by atoms with Gasteiger partial charge in [-0.15, -0.1) is 11.8 Å². The lowest BCUT2D eigenvalue weighted by Crippen LogP contribution is -2.43. The van der Waals surface area contributed by atoms with Crippen LogP contribution in [-0.4, -0.2) is 33.1 Å². The Kier molecular flexibility index (Phi) is 7.39. The molecular weight excluding hydrogens is 572 g/mol. The second-order valence-corrected chi connectivity index (χ2v) is 11.9. The Morgan fingerprint density at radius 3 is 2.59 bits per heavy atom. The lowest BCUT2D eigenvalue weighted by molar-refractivity contribution is -0.147. The molecule has 0 unspecified atom stereocenters. The minimum Gasteiger partial charge on any atom is -0.465 e. The van der Waals surface area contributed by atoms with E-state index in [1.54, 1.807) is 6.92 Å². The van der Waals surface area contributed by atoms with Crippen LogP contribution >= 0.6 is 39.3 Å². The van der Waals surface area contributed by atoms with Crippen LogP contribution in [0.15, 0.2) is 82.3 Å². The van der Waals surface area contributed by atoms with Gasteiger partial charge >= 0.3 is 5.97 Å². The molecule has 1 amide bonds. The maximum Gasteiger partial charge on any atom is 0.325 e. The average molecular weight is 598 g/mol. The second kappa shape index (κ2) is 10.6. The predicted molar refractivity (Wildman–Crippen MR) is 152 cm³/mol. The summed E-state index contributed by atoms with van der Waals surface area (Å²) in [6.07, 6.45) is 1.92. The third-order valence-corrected chi connectivity index (χ3v) is 8.84. The first kappa shape index (κ1) is 25.9. The number of aryl methyl sites for hydroxylation is 1. The van der Waals surface area contributed by atoms with Gasteiger partial charge in [-0.25, -0.2) is 0 Å². The monoisotopic (exact) mass is 596 g/mol. The van der Waals surface area contributed by atoms with E-state index < -0.39 is 10.8 Å². The summed E-state index contributed by atoms with van der Waals surface area (Å²) in [6, 6.07) is 21.0. The average Bonchev–Trinajstić information content (AvgIpc) is 3.40. The number of benzene rings is 3. The van der Waals surface area contributed by atoms with Crippen LogP contribution in [0.1, 0.15) is 36.1 Å². The minimum absolute atomic E-state index is 0.0336. The molecular formula is C29H26BrClN2O3S. The van der Waals surface area contributed by atoms with Crippen LogP contribution in [0.25, 0.3) is 10.9 Å². The van der Waals surface area contributed by atoms with Gasteiger partial charge in [0.1, 0.15) is 0 Å². The molecule has 37 heavy (non-hydrogen) atoms. The number of esters is 1. The molecule has 0 aliphatic carbocycles. The fraction of sp³-hybridized carbons (Fsp3) is 0.241. The van der Waals surface area contributed by atoms with Crippen LogP contribution < -0.4 is 0 Å².